The van der Waals surface area contributed by atoms with Crippen molar-refractivity contribution in [3.63, 3.8) is 0 Å². The van der Waals surface area contributed by atoms with E-state index in [-0.39, 0.29) is 31.1 Å². The zero-order chi connectivity index (χ0) is 50.4. The molecule has 1 unspecified atom stereocenters. The van der Waals surface area contributed by atoms with Gasteiger partial charge in [0, 0.05) is 19.3 Å². The number of unbranched alkanes of at least 4 members (excludes halogenated alkanes) is 41. The summed E-state index contributed by atoms with van der Waals surface area (Å²) in [5, 5.41) is 0. The van der Waals surface area contributed by atoms with Gasteiger partial charge in [0.15, 0.2) is 6.10 Å². The molecular weight excluding hydrogens is 853 g/mol. The van der Waals surface area contributed by atoms with Crippen molar-refractivity contribution in [2.75, 3.05) is 13.2 Å². The quantitative estimate of drug-likeness (QED) is 0.0343. The average Bonchev–Trinajstić information content (AvgIpc) is 3.34. The Morgan fingerprint density at radius 2 is 0.551 bits per heavy atom. The molecular formula is C63H122O6. The van der Waals surface area contributed by atoms with Gasteiger partial charge in [-0.15, -0.1) is 0 Å². The maximum Gasteiger partial charge on any atom is 0.306 e. The minimum Gasteiger partial charge on any atom is -0.462 e. The molecule has 0 aromatic carbocycles. The van der Waals surface area contributed by atoms with Gasteiger partial charge in [-0.3, -0.25) is 14.4 Å². The second-order valence-electron chi connectivity index (χ2n) is 22.4. The number of esters is 3. The summed E-state index contributed by atoms with van der Waals surface area (Å²) in [7, 11) is 0. The van der Waals surface area contributed by atoms with Crippen LogP contribution in [0, 0.1) is 11.8 Å². The number of carbonyl (C=O) groups excluding carboxylic acids is 3. The zero-order valence-corrected chi connectivity index (χ0v) is 47.5. The first-order valence-corrected chi connectivity index (χ1v) is 31.3. The molecule has 0 aromatic heterocycles. The van der Waals surface area contributed by atoms with Crippen LogP contribution in [0.25, 0.3) is 0 Å². The predicted molar refractivity (Wildman–Crippen MR) is 298 cm³/mol. The summed E-state index contributed by atoms with van der Waals surface area (Å²) in [4.78, 5) is 38.2. The lowest BCUT2D eigenvalue weighted by Gasteiger charge is -2.18. The zero-order valence-electron chi connectivity index (χ0n) is 47.5. The van der Waals surface area contributed by atoms with E-state index in [0.29, 0.717) is 19.3 Å². The molecule has 0 aliphatic heterocycles. The Morgan fingerprint density at radius 1 is 0.304 bits per heavy atom. The van der Waals surface area contributed by atoms with Crippen molar-refractivity contribution in [1.82, 2.24) is 0 Å². The Labute approximate surface area is 431 Å². The molecule has 0 radical (unpaired) electrons. The van der Waals surface area contributed by atoms with E-state index >= 15 is 0 Å². The summed E-state index contributed by atoms with van der Waals surface area (Å²) >= 11 is 0. The van der Waals surface area contributed by atoms with Crippen molar-refractivity contribution in [3.8, 4) is 0 Å². The lowest BCUT2D eigenvalue weighted by Crippen LogP contribution is -2.30. The summed E-state index contributed by atoms with van der Waals surface area (Å²) in [6.45, 7) is 11.5. The summed E-state index contributed by atoms with van der Waals surface area (Å²) in [5.74, 6) is 0.909. The normalized spacial score (nSPS) is 12.4. The Balaban J connectivity index is 4.26. The van der Waals surface area contributed by atoms with Crippen molar-refractivity contribution in [2.24, 2.45) is 11.8 Å². The van der Waals surface area contributed by atoms with E-state index < -0.39 is 6.10 Å². The van der Waals surface area contributed by atoms with Gasteiger partial charge in [-0.1, -0.05) is 317 Å². The van der Waals surface area contributed by atoms with Crippen LogP contribution < -0.4 is 0 Å². The molecule has 6 nitrogen and oxygen atoms in total. The molecule has 0 aromatic rings. The molecule has 2 atom stereocenters. The molecule has 6 heteroatoms. The van der Waals surface area contributed by atoms with E-state index in [1.807, 2.05) is 0 Å². The number of rotatable bonds is 57. The number of hydrogen-bond acceptors (Lipinski definition) is 6. The largest absolute Gasteiger partial charge is 0.462 e. The van der Waals surface area contributed by atoms with Crippen LogP contribution in [-0.2, 0) is 28.6 Å². The van der Waals surface area contributed by atoms with Crippen LogP contribution in [0.2, 0.25) is 0 Å². The fraction of sp³-hybridized carbons (Fsp3) is 0.952. The highest BCUT2D eigenvalue weighted by Crippen LogP contribution is 2.19. The molecule has 0 spiro atoms. The first kappa shape index (κ1) is 67.4. The van der Waals surface area contributed by atoms with E-state index in [1.54, 1.807) is 0 Å². The first-order chi connectivity index (χ1) is 33.8. The summed E-state index contributed by atoms with van der Waals surface area (Å²) in [6, 6.07) is 0. The number of hydrogen-bond donors (Lipinski definition) is 0. The van der Waals surface area contributed by atoms with E-state index in [0.717, 1.165) is 69.6 Å². The fourth-order valence-corrected chi connectivity index (χ4v) is 9.73. The fourth-order valence-electron chi connectivity index (χ4n) is 9.73. The van der Waals surface area contributed by atoms with Crippen LogP contribution in [-0.4, -0.2) is 37.2 Å². The van der Waals surface area contributed by atoms with Crippen molar-refractivity contribution in [2.45, 2.75) is 362 Å². The SMILES string of the molecule is CCCCCCCCCCCCCCCCC(=O)OC[C@H](COC(=O)CCCCCCCCCCCCCCC(C)C)OC(=O)CCCCCCCCCCCCCCCCCCCCC(C)CC. The van der Waals surface area contributed by atoms with Crippen molar-refractivity contribution >= 4 is 17.9 Å². The lowest BCUT2D eigenvalue weighted by molar-refractivity contribution is -0.167. The van der Waals surface area contributed by atoms with Gasteiger partial charge in [0.2, 0.25) is 0 Å². The van der Waals surface area contributed by atoms with Crippen LogP contribution >= 0.6 is 0 Å². The van der Waals surface area contributed by atoms with E-state index in [9.17, 15) is 14.4 Å². The molecule has 0 N–H and O–H groups in total. The van der Waals surface area contributed by atoms with Crippen molar-refractivity contribution in [3.05, 3.63) is 0 Å². The minimum atomic E-state index is -0.763. The maximum atomic E-state index is 12.9. The molecule has 0 rings (SSSR count). The second-order valence-corrected chi connectivity index (χ2v) is 22.4. The topological polar surface area (TPSA) is 78.9 Å². The first-order valence-electron chi connectivity index (χ1n) is 31.3. The molecule has 0 saturated carbocycles. The van der Waals surface area contributed by atoms with Gasteiger partial charge >= 0.3 is 17.9 Å². The van der Waals surface area contributed by atoms with Gasteiger partial charge in [-0.25, -0.2) is 0 Å². The average molecular weight is 976 g/mol. The van der Waals surface area contributed by atoms with Crippen LogP contribution in [0.3, 0.4) is 0 Å². The molecule has 0 amide bonds. The summed E-state index contributed by atoms with van der Waals surface area (Å²) in [5.41, 5.74) is 0. The molecule has 0 aliphatic carbocycles. The van der Waals surface area contributed by atoms with Crippen LogP contribution in [0.1, 0.15) is 356 Å². The van der Waals surface area contributed by atoms with Gasteiger partial charge < -0.3 is 14.2 Å². The lowest BCUT2D eigenvalue weighted by atomic mass is 9.99. The summed E-state index contributed by atoms with van der Waals surface area (Å²) < 4.78 is 16.9. The molecule has 0 saturated heterocycles. The van der Waals surface area contributed by atoms with Gasteiger partial charge in [0.05, 0.1) is 0 Å². The Hall–Kier alpha value is -1.59. The van der Waals surface area contributed by atoms with E-state index in [1.165, 1.54) is 244 Å². The van der Waals surface area contributed by atoms with Gasteiger partial charge in [0.25, 0.3) is 0 Å². The Kier molecular flexibility index (Phi) is 54.4. The molecule has 410 valence electrons. The van der Waals surface area contributed by atoms with Gasteiger partial charge in [0.1, 0.15) is 13.2 Å². The highest BCUT2D eigenvalue weighted by atomic mass is 16.6. The second kappa shape index (κ2) is 55.7. The monoisotopic (exact) mass is 975 g/mol. The summed E-state index contributed by atoms with van der Waals surface area (Å²) in [6.07, 6.45) is 60.9. The van der Waals surface area contributed by atoms with Gasteiger partial charge in [-0.2, -0.15) is 0 Å². The highest BCUT2D eigenvalue weighted by molar-refractivity contribution is 5.71. The van der Waals surface area contributed by atoms with E-state index in [4.69, 9.17) is 14.2 Å². The van der Waals surface area contributed by atoms with Crippen molar-refractivity contribution < 1.29 is 28.6 Å². The third-order valence-electron chi connectivity index (χ3n) is 14.8. The molecule has 0 fully saturated rings. The molecule has 0 heterocycles. The Morgan fingerprint density at radius 3 is 0.826 bits per heavy atom. The van der Waals surface area contributed by atoms with Crippen LogP contribution in [0.4, 0.5) is 0 Å². The Bertz CT molecular complexity index is 1060. The third-order valence-corrected chi connectivity index (χ3v) is 14.8. The molecule has 0 bridgehead atoms. The minimum absolute atomic E-state index is 0.0621. The number of carbonyl (C=O) groups is 3. The van der Waals surface area contributed by atoms with Gasteiger partial charge in [-0.05, 0) is 31.1 Å². The number of ether oxygens (including phenoxy) is 3. The standard InChI is InChI=1S/C63H122O6/c1-6-8-9-10-11-12-13-14-22-28-33-38-43-48-53-61(64)67-56-60(57-68-62(65)54-49-44-39-34-29-25-24-26-31-36-41-46-51-58(3)4)69-63(66)55-50-45-40-35-30-23-20-18-16-15-17-19-21-27-32-37-42-47-52-59(5)7-2/h58-60H,6-57H2,1-5H3/t59?,60-/m1/s1. The van der Waals surface area contributed by atoms with Crippen LogP contribution in [0.5, 0.6) is 0 Å². The highest BCUT2D eigenvalue weighted by Gasteiger charge is 2.19. The third kappa shape index (κ3) is 55.6. The predicted octanol–water partition coefficient (Wildman–Crippen LogP) is 20.8. The maximum absolute atomic E-state index is 12.9. The van der Waals surface area contributed by atoms with Crippen molar-refractivity contribution in [1.29, 1.82) is 0 Å². The molecule has 69 heavy (non-hydrogen) atoms. The smallest absolute Gasteiger partial charge is 0.306 e. The van der Waals surface area contributed by atoms with E-state index in [2.05, 4.69) is 34.6 Å². The molecule has 0 aliphatic rings. The van der Waals surface area contributed by atoms with Crippen LogP contribution in [0.15, 0.2) is 0 Å².